The number of carbonyl (C=O) groups is 1. The average molecular weight is 344 g/mol. The molecule has 6 heteroatoms. The van der Waals surface area contributed by atoms with Gasteiger partial charge >= 0.3 is 0 Å². The Hall–Kier alpha value is -2.34. The van der Waals surface area contributed by atoms with Crippen LogP contribution in [0.2, 0.25) is 0 Å². The summed E-state index contributed by atoms with van der Waals surface area (Å²) in [7, 11) is 0. The fraction of sp³-hybridized carbons (Fsp3) is 0.333. The minimum atomic E-state index is -0.0453. The summed E-state index contributed by atoms with van der Waals surface area (Å²) in [5.41, 5.74) is 2.03. The van der Waals surface area contributed by atoms with Crippen molar-refractivity contribution in [3.05, 3.63) is 40.1 Å². The van der Waals surface area contributed by atoms with Gasteiger partial charge in [0.1, 0.15) is 0 Å². The fourth-order valence-corrected chi connectivity index (χ4v) is 3.27. The number of fused-ring (bicyclic) bond motifs is 1. The van der Waals surface area contributed by atoms with E-state index in [1.165, 1.54) is 0 Å². The topological polar surface area (TPSA) is 51.1 Å². The summed E-state index contributed by atoms with van der Waals surface area (Å²) < 4.78 is 10.9. The Morgan fingerprint density at radius 1 is 1.25 bits per heavy atom. The summed E-state index contributed by atoms with van der Waals surface area (Å²) in [6.07, 6.45) is 0. The molecule has 5 nitrogen and oxygen atoms in total. The normalized spacial score (nSPS) is 13.2. The molecule has 24 heavy (non-hydrogen) atoms. The number of ether oxygens (including phenoxy) is 2. The Labute approximate surface area is 145 Å². The van der Waals surface area contributed by atoms with E-state index in [2.05, 4.69) is 0 Å². The van der Waals surface area contributed by atoms with Crippen LogP contribution in [0.1, 0.15) is 36.0 Å². The highest BCUT2D eigenvalue weighted by Crippen LogP contribution is 2.39. The highest BCUT2D eigenvalue weighted by molar-refractivity contribution is 7.12. The number of thiophene rings is 1. The molecule has 0 spiro atoms. The monoisotopic (exact) mass is 344 g/mol. The molecule has 2 heterocycles. The molecule has 0 bridgehead atoms. The number of benzene rings is 1. The Morgan fingerprint density at radius 3 is 2.58 bits per heavy atom. The van der Waals surface area contributed by atoms with Crippen molar-refractivity contribution in [1.82, 2.24) is 4.90 Å². The summed E-state index contributed by atoms with van der Waals surface area (Å²) in [6.45, 7) is 7.35. The van der Waals surface area contributed by atoms with Crippen molar-refractivity contribution < 1.29 is 14.3 Å². The quantitative estimate of drug-likeness (QED) is 0.767. The minimum Gasteiger partial charge on any atom is -0.454 e. The first-order valence-corrected chi connectivity index (χ1v) is 8.84. The van der Waals surface area contributed by atoms with Crippen LogP contribution in [-0.2, 0) is 0 Å². The van der Waals surface area contributed by atoms with Crippen LogP contribution in [0.15, 0.2) is 34.6 Å². The van der Waals surface area contributed by atoms with E-state index in [4.69, 9.17) is 14.5 Å². The van der Waals surface area contributed by atoms with Gasteiger partial charge in [0.2, 0.25) is 6.79 Å². The molecule has 1 aromatic carbocycles. The molecule has 0 fully saturated rings. The van der Waals surface area contributed by atoms with Crippen LogP contribution in [0, 0.1) is 0 Å². The molecule has 0 N–H and O–H groups in total. The average Bonchev–Trinajstić information content (AvgIpc) is 3.26. The van der Waals surface area contributed by atoms with Crippen LogP contribution in [-0.4, -0.2) is 36.4 Å². The second-order valence-corrected chi connectivity index (χ2v) is 6.32. The molecule has 126 valence electrons. The number of hydrogen-bond donors (Lipinski definition) is 0. The van der Waals surface area contributed by atoms with Crippen LogP contribution in [0.4, 0.5) is 5.69 Å². The van der Waals surface area contributed by atoms with Crippen LogP contribution in [0.3, 0.4) is 0 Å². The van der Waals surface area contributed by atoms with E-state index in [0.29, 0.717) is 35.8 Å². The molecule has 1 aromatic heterocycles. The molecule has 2 aromatic rings. The standard InChI is InChI=1S/C18H20N2O3S/c1-4-20(5-2)18(21)13-9-15-16(23-11-22-15)10-14(13)19-12(3)17-7-6-8-24-17/h6-10H,4-5,11H2,1-3H3. The van der Waals surface area contributed by atoms with E-state index in [9.17, 15) is 4.79 Å². The Balaban J connectivity index is 2.07. The molecular formula is C18H20N2O3S. The third-order valence-corrected chi connectivity index (χ3v) is 4.92. The fourth-order valence-electron chi connectivity index (χ4n) is 2.60. The summed E-state index contributed by atoms with van der Waals surface area (Å²) >= 11 is 1.62. The van der Waals surface area contributed by atoms with Crippen LogP contribution in [0.25, 0.3) is 0 Å². The Morgan fingerprint density at radius 2 is 1.96 bits per heavy atom. The first-order chi connectivity index (χ1) is 11.6. The second kappa shape index (κ2) is 7.05. The summed E-state index contributed by atoms with van der Waals surface area (Å²) in [5, 5.41) is 2.01. The van der Waals surface area contributed by atoms with Gasteiger partial charge in [0.25, 0.3) is 5.91 Å². The molecule has 0 aliphatic carbocycles. The van der Waals surface area contributed by atoms with Crippen LogP contribution < -0.4 is 9.47 Å². The number of nitrogens with zero attached hydrogens (tertiary/aromatic N) is 2. The molecule has 1 aliphatic rings. The van der Waals surface area contributed by atoms with Crippen molar-refractivity contribution >= 4 is 28.6 Å². The van der Waals surface area contributed by atoms with Gasteiger partial charge < -0.3 is 14.4 Å². The van der Waals surface area contributed by atoms with Gasteiger partial charge in [-0.25, -0.2) is 0 Å². The zero-order valence-electron chi connectivity index (χ0n) is 14.0. The number of carbonyl (C=O) groups excluding carboxylic acids is 1. The Bertz CT molecular complexity index is 765. The van der Waals surface area contributed by atoms with Crippen molar-refractivity contribution in [2.75, 3.05) is 19.9 Å². The first kappa shape index (κ1) is 16.5. The maximum atomic E-state index is 12.9. The second-order valence-electron chi connectivity index (χ2n) is 5.37. The van der Waals surface area contributed by atoms with Crippen molar-refractivity contribution in [3.8, 4) is 11.5 Å². The van der Waals surface area contributed by atoms with E-state index < -0.39 is 0 Å². The smallest absolute Gasteiger partial charge is 0.256 e. The van der Waals surface area contributed by atoms with E-state index in [1.807, 2.05) is 38.3 Å². The predicted octanol–water partition coefficient (Wildman–Crippen LogP) is 4.10. The Kier molecular flexibility index (Phi) is 4.85. The number of rotatable bonds is 5. The van der Waals surface area contributed by atoms with E-state index in [-0.39, 0.29) is 12.7 Å². The lowest BCUT2D eigenvalue weighted by Crippen LogP contribution is -2.30. The van der Waals surface area contributed by atoms with Gasteiger partial charge in [-0.05, 0) is 38.3 Å². The molecule has 1 amide bonds. The highest BCUT2D eigenvalue weighted by Gasteiger charge is 2.23. The molecule has 0 radical (unpaired) electrons. The van der Waals surface area contributed by atoms with E-state index >= 15 is 0 Å². The van der Waals surface area contributed by atoms with Crippen molar-refractivity contribution in [2.24, 2.45) is 4.99 Å². The molecule has 0 unspecified atom stereocenters. The lowest BCUT2D eigenvalue weighted by molar-refractivity contribution is 0.0773. The maximum absolute atomic E-state index is 12.9. The number of amides is 1. The van der Waals surface area contributed by atoms with Crippen molar-refractivity contribution in [2.45, 2.75) is 20.8 Å². The minimum absolute atomic E-state index is 0.0453. The van der Waals surface area contributed by atoms with Gasteiger partial charge in [0, 0.05) is 24.0 Å². The predicted molar refractivity (Wildman–Crippen MR) is 96.0 cm³/mol. The van der Waals surface area contributed by atoms with Crippen LogP contribution >= 0.6 is 11.3 Å². The van der Waals surface area contributed by atoms with Crippen molar-refractivity contribution in [1.29, 1.82) is 0 Å². The molecule has 0 atom stereocenters. The maximum Gasteiger partial charge on any atom is 0.256 e. The first-order valence-electron chi connectivity index (χ1n) is 7.96. The largest absolute Gasteiger partial charge is 0.454 e. The van der Waals surface area contributed by atoms with Gasteiger partial charge in [-0.1, -0.05) is 6.07 Å². The van der Waals surface area contributed by atoms with Crippen LogP contribution in [0.5, 0.6) is 11.5 Å². The highest BCUT2D eigenvalue weighted by atomic mass is 32.1. The zero-order valence-corrected chi connectivity index (χ0v) is 14.9. The lowest BCUT2D eigenvalue weighted by atomic mass is 10.1. The molecule has 3 rings (SSSR count). The van der Waals surface area contributed by atoms with Crippen molar-refractivity contribution in [3.63, 3.8) is 0 Å². The number of aliphatic imine (C=N–C) groups is 1. The van der Waals surface area contributed by atoms with Gasteiger partial charge in [-0.2, -0.15) is 0 Å². The molecular weight excluding hydrogens is 324 g/mol. The summed E-state index contributed by atoms with van der Waals surface area (Å²) in [6, 6.07) is 7.53. The summed E-state index contributed by atoms with van der Waals surface area (Å²) in [5.74, 6) is 1.18. The molecule has 1 aliphatic heterocycles. The van der Waals surface area contributed by atoms with Gasteiger partial charge in [0.05, 0.1) is 17.0 Å². The van der Waals surface area contributed by atoms with Gasteiger partial charge in [-0.3, -0.25) is 9.79 Å². The third-order valence-electron chi connectivity index (χ3n) is 3.94. The molecule has 0 saturated heterocycles. The third kappa shape index (κ3) is 3.14. The van der Waals surface area contributed by atoms with Gasteiger partial charge in [-0.15, -0.1) is 11.3 Å². The summed E-state index contributed by atoms with van der Waals surface area (Å²) in [4.78, 5) is 20.4. The molecule has 0 saturated carbocycles. The SMILES string of the molecule is CCN(CC)C(=O)c1cc2c(cc1N=C(C)c1cccs1)OCO2. The van der Waals surface area contributed by atoms with E-state index in [0.717, 1.165) is 10.6 Å². The lowest BCUT2D eigenvalue weighted by Gasteiger charge is -2.20. The zero-order chi connectivity index (χ0) is 17.1. The van der Waals surface area contributed by atoms with Gasteiger partial charge in [0.15, 0.2) is 11.5 Å². The number of hydrogen-bond acceptors (Lipinski definition) is 5. The van der Waals surface area contributed by atoms with E-state index in [1.54, 1.807) is 28.4 Å².